The number of piperidine rings is 1. The van der Waals surface area contributed by atoms with E-state index in [0.717, 1.165) is 44.5 Å². The summed E-state index contributed by atoms with van der Waals surface area (Å²) in [5.41, 5.74) is 2.03. The molecule has 1 aliphatic heterocycles. The Morgan fingerprint density at radius 1 is 1.14 bits per heavy atom. The van der Waals surface area contributed by atoms with Gasteiger partial charge in [-0.3, -0.25) is 4.79 Å². The van der Waals surface area contributed by atoms with Crippen LogP contribution in [0.3, 0.4) is 0 Å². The standard InChI is InChI=1S/C15H22N2O.C3H8/c1-2-12-3-5-14(6-4-12)15(18)17-11-13-7-9-16-10-8-13;1-3-2/h3-6,13,16H,2,7-11H2,1H3,(H,17,18);3H2,1-2H3. The SMILES string of the molecule is CCC.CCc1ccc(C(=O)NCC2CCNCC2)cc1. The first-order chi connectivity index (χ1) is 10.2. The summed E-state index contributed by atoms with van der Waals surface area (Å²) in [5, 5.41) is 6.37. The largest absolute Gasteiger partial charge is 0.352 e. The normalized spacial score (nSPS) is 15.0. The molecule has 0 radical (unpaired) electrons. The van der Waals surface area contributed by atoms with Gasteiger partial charge in [-0.1, -0.05) is 39.3 Å². The van der Waals surface area contributed by atoms with Gasteiger partial charge in [0.25, 0.3) is 5.91 Å². The zero-order valence-corrected chi connectivity index (χ0v) is 13.7. The first-order valence-corrected chi connectivity index (χ1v) is 8.29. The molecule has 2 N–H and O–H groups in total. The molecular weight excluding hydrogens is 260 g/mol. The van der Waals surface area contributed by atoms with Gasteiger partial charge in [0.1, 0.15) is 0 Å². The van der Waals surface area contributed by atoms with Crippen molar-refractivity contribution in [2.75, 3.05) is 19.6 Å². The monoisotopic (exact) mass is 290 g/mol. The molecule has 1 fully saturated rings. The van der Waals surface area contributed by atoms with E-state index in [2.05, 4.69) is 31.4 Å². The fourth-order valence-electron chi connectivity index (χ4n) is 2.32. The van der Waals surface area contributed by atoms with Crippen molar-refractivity contribution in [3.63, 3.8) is 0 Å². The van der Waals surface area contributed by atoms with Crippen LogP contribution in [-0.4, -0.2) is 25.5 Å². The molecule has 1 amide bonds. The molecule has 0 spiro atoms. The average Bonchev–Trinajstić information content (AvgIpc) is 2.54. The van der Waals surface area contributed by atoms with Gasteiger partial charge in [-0.15, -0.1) is 0 Å². The van der Waals surface area contributed by atoms with Crippen LogP contribution in [-0.2, 0) is 6.42 Å². The Balaban J connectivity index is 0.000000677. The molecule has 1 heterocycles. The van der Waals surface area contributed by atoms with Crippen LogP contribution >= 0.6 is 0 Å². The van der Waals surface area contributed by atoms with E-state index in [9.17, 15) is 4.79 Å². The van der Waals surface area contributed by atoms with Crippen LogP contribution < -0.4 is 10.6 Å². The maximum atomic E-state index is 12.0. The summed E-state index contributed by atoms with van der Waals surface area (Å²) in [4.78, 5) is 12.0. The summed E-state index contributed by atoms with van der Waals surface area (Å²) >= 11 is 0. The van der Waals surface area contributed by atoms with E-state index in [-0.39, 0.29) is 5.91 Å². The predicted octanol–water partition coefficient (Wildman–Crippen LogP) is 3.39. The van der Waals surface area contributed by atoms with Gasteiger partial charge in [0.15, 0.2) is 0 Å². The Kier molecular flexibility index (Phi) is 8.76. The maximum absolute atomic E-state index is 12.0. The Morgan fingerprint density at radius 2 is 1.71 bits per heavy atom. The second kappa shape index (κ2) is 10.4. The van der Waals surface area contributed by atoms with Crippen LogP contribution in [0.1, 0.15) is 56.0 Å². The van der Waals surface area contributed by atoms with Crippen LogP contribution in [0.2, 0.25) is 0 Å². The molecule has 0 aromatic heterocycles. The highest BCUT2D eigenvalue weighted by Gasteiger charge is 2.14. The predicted molar refractivity (Wildman–Crippen MR) is 89.7 cm³/mol. The second-order valence-electron chi connectivity index (χ2n) is 5.66. The molecule has 3 heteroatoms. The van der Waals surface area contributed by atoms with Crippen LogP contribution in [0, 0.1) is 5.92 Å². The molecule has 1 aromatic rings. The Bertz CT molecular complexity index is 394. The van der Waals surface area contributed by atoms with Crippen molar-refractivity contribution in [3.05, 3.63) is 35.4 Å². The third kappa shape index (κ3) is 6.76. The summed E-state index contributed by atoms with van der Waals surface area (Å²) in [7, 11) is 0. The number of aryl methyl sites for hydroxylation is 1. The molecule has 118 valence electrons. The maximum Gasteiger partial charge on any atom is 0.251 e. The van der Waals surface area contributed by atoms with Crippen molar-refractivity contribution in [2.24, 2.45) is 5.92 Å². The molecule has 0 unspecified atom stereocenters. The summed E-state index contributed by atoms with van der Waals surface area (Å²) in [6.07, 6.45) is 4.58. The van der Waals surface area contributed by atoms with Crippen molar-refractivity contribution < 1.29 is 4.79 Å². The van der Waals surface area contributed by atoms with Gasteiger partial charge in [-0.05, 0) is 56.0 Å². The number of amides is 1. The summed E-state index contributed by atoms with van der Waals surface area (Å²) < 4.78 is 0. The molecule has 1 saturated heterocycles. The van der Waals surface area contributed by atoms with E-state index in [1.807, 2.05) is 24.3 Å². The van der Waals surface area contributed by atoms with E-state index in [1.165, 1.54) is 12.0 Å². The fraction of sp³-hybridized carbons (Fsp3) is 0.611. The second-order valence-corrected chi connectivity index (χ2v) is 5.66. The fourth-order valence-corrected chi connectivity index (χ4v) is 2.32. The van der Waals surface area contributed by atoms with Gasteiger partial charge < -0.3 is 10.6 Å². The van der Waals surface area contributed by atoms with Crippen LogP contribution in [0.25, 0.3) is 0 Å². The topological polar surface area (TPSA) is 41.1 Å². The summed E-state index contributed by atoms with van der Waals surface area (Å²) in [5.74, 6) is 0.682. The minimum atomic E-state index is 0.0520. The highest BCUT2D eigenvalue weighted by atomic mass is 16.1. The number of benzene rings is 1. The van der Waals surface area contributed by atoms with Crippen molar-refractivity contribution in [1.82, 2.24) is 10.6 Å². The lowest BCUT2D eigenvalue weighted by atomic mass is 9.98. The number of rotatable bonds is 4. The van der Waals surface area contributed by atoms with Crippen molar-refractivity contribution >= 4 is 5.91 Å². The Hall–Kier alpha value is -1.35. The molecule has 21 heavy (non-hydrogen) atoms. The number of carbonyl (C=O) groups is 1. The smallest absolute Gasteiger partial charge is 0.251 e. The van der Waals surface area contributed by atoms with Gasteiger partial charge in [0, 0.05) is 12.1 Å². The van der Waals surface area contributed by atoms with E-state index in [4.69, 9.17) is 0 Å². The van der Waals surface area contributed by atoms with E-state index >= 15 is 0 Å². The molecule has 3 nitrogen and oxygen atoms in total. The quantitative estimate of drug-likeness (QED) is 0.892. The van der Waals surface area contributed by atoms with Gasteiger partial charge >= 0.3 is 0 Å². The molecule has 0 atom stereocenters. The molecule has 0 aliphatic carbocycles. The number of nitrogens with one attached hydrogen (secondary N) is 2. The minimum absolute atomic E-state index is 0.0520. The van der Waals surface area contributed by atoms with Crippen molar-refractivity contribution in [3.8, 4) is 0 Å². The number of hydrogen-bond donors (Lipinski definition) is 2. The molecule has 2 rings (SSSR count). The molecular formula is C18H30N2O. The van der Waals surface area contributed by atoms with E-state index < -0.39 is 0 Å². The van der Waals surface area contributed by atoms with Gasteiger partial charge in [0.2, 0.25) is 0 Å². The lowest BCUT2D eigenvalue weighted by Gasteiger charge is -2.22. The molecule has 0 saturated carbocycles. The lowest BCUT2D eigenvalue weighted by Crippen LogP contribution is -2.35. The minimum Gasteiger partial charge on any atom is -0.352 e. The van der Waals surface area contributed by atoms with Gasteiger partial charge in [-0.25, -0.2) is 0 Å². The molecule has 1 aliphatic rings. The number of carbonyl (C=O) groups excluding carboxylic acids is 1. The Labute approximate surface area is 129 Å². The Morgan fingerprint density at radius 3 is 2.24 bits per heavy atom. The average molecular weight is 290 g/mol. The van der Waals surface area contributed by atoms with Crippen LogP contribution in [0.5, 0.6) is 0 Å². The highest BCUT2D eigenvalue weighted by Crippen LogP contribution is 2.10. The zero-order valence-electron chi connectivity index (χ0n) is 13.7. The first-order valence-electron chi connectivity index (χ1n) is 8.29. The highest BCUT2D eigenvalue weighted by molar-refractivity contribution is 5.94. The van der Waals surface area contributed by atoms with Gasteiger partial charge in [0.05, 0.1) is 0 Å². The van der Waals surface area contributed by atoms with Gasteiger partial charge in [-0.2, -0.15) is 0 Å². The third-order valence-corrected chi connectivity index (χ3v) is 3.63. The summed E-state index contributed by atoms with van der Waals surface area (Å²) in [6, 6.07) is 7.88. The zero-order chi connectivity index (χ0) is 15.5. The van der Waals surface area contributed by atoms with E-state index in [1.54, 1.807) is 0 Å². The van der Waals surface area contributed by atoms with E-state index in [0.29, 0.717) is 5.92 Å². The molecule has 0 bridgehead atoms. The van der Waals surface area contributed by atoms with Crippen molar-refractivity contribution in [2.45, 2.75) is 46.5 Å². The van der Waals surface area contributed by atoms with Crippen molar-refractivity contribution in [1.29, 1.82) is 0 Å². The number of hydrogen-bond acceptors (Lipinski definition) is 2. The lowest BCUT2D eigenvalue weighted by molar-refractivity contribution is 0.0944. The van der Waals surface area contributed by atoms with Crippen LogP contribution in [0.15, 0.2) is 24.3 Å². The molecule has 1 aromatic carbocycles. The third-order valence-electron chi connectivity index (χ3n) is 3.63. The first kappa shape index (κ1) is 17.7. The summed E-state index contributed by atoms with van der Waals surface area (Å²) in [6.45, 7) is 9.32. The van der Waals surface area contributed by atoms with Crippen LogP contribution in [0.4, 0.5) is 0 Å².